The first-order valence-corrected chi connectivity index (χ1v) is 8.29. The van der Waals surface area contributed by atoms with Gasteiger partial charge in [-0.15, -0.1) is 0 Å². The minimum absolute atomic E-state index is 0.500. The Morgan fingerprint density at radius 2 is 2.10 bits per heavy atom. The van der Waals surface area contributed by atoms with Gasteiger partial charge in [0.25, 0.3) is 0 Å². The number of benzene rings is 1. The molecule has 1 aromatic rings. The minimum atomic E-state index is -0.500. The molecule has 0 spiro atoms. The lowest BCUT2D eigenvalue weighted by molar-refractivity contribution is 0.0481. The molecule has 0 saturated carbocycles. The van der Waals surface area contributed by atoms with Crippen molar-refractivity contribution < 1.29 is 5.11 Å². The second-order valence-corrected chi connectivity index (χ2v) is 6.65. The first-order chi connectivity index (χ1) is 10.0. The van der Waals surface area contributed by atoms with Crippen LogP contribution >= 0.6 is 0 Å². The van der Waals surface area contributed by atoms with E-state index in [2.05, 4.69) is 42.3 Å². The maximum atomic E-state index is 10.3. The molecule has 3 heteroatoms. The lowest BCUT2D eigenvalue weighted by Gasteiger charge is -2.27. The Balaban J connectivity index is 2.13. The summed E-state index contributed by atoms with van der Waals surface area (Å²) in [7, 11) is 0. The van der Waals surface area contributed by atoms with Gasteiger partial charge in [0.2, 0.25) is 0 Å². The Bertz CT molecular complexity index is 457. The molecule has 0 radical (unpaired) electrons. The van der Waals surface area contributed by atoms with Crippen molar-refractivity contribution in [3.63, 3.8) is 0 Å². The maximum absolute atomic E-state index is 10.3. The Labute approximate surface area is 129 Å². The van der Waals surface area contributed by atoms with Crippen LogP contribution in [0.4, 0.5) is 5.69 Å². The van der Waals surface area contributed by atoms with Crippen molar-refractivity contribution in [3.05, 3.63) is 29.3 Å². The summed E-state index contributed by atoms with van der Waals surface area (Å²) >= 11 is 0. The van der Waals surface area contributed by atoms with E-state index in [4.69, 9.17) is 0 Å². The first kappa shape index (κ1) is 16.3. The molecule has 0 amide bonds. The molecule has 1 atom stereocenters. The molecular formula is C18H30N2O. The van der Waals surface area contributed by atoms with Gasteiger partial charge >= 0.3 is 0 Å². The molecule has 0 aliphatic carbocycles. The molecule has 3 nitrogen and oxygen atoms in total. The Kier molecular flexibility index (Phi) is 5.65. The van der Waals surface area contributed by atoms with Crippen LogP contribution in [0.2, 0.25) is 0 Å². The molecule has 2 N–H and O–H groups in total. The second-order valence-electron chi connectivity index (χ2n) is 6.65. The van der Waals surface area contributed by atoms with Gasteiger partial charge in [-0.3, -0.25) is 0 Å². The largest absolute Gasteiger partial charge is 0.390 e. The molecule has 2 rings (SSSR count). The van der Waals surface area contributed by atoms with Crippen molar-refractivity contribution in [1.82, 2.24) is 5.32 Å². The van der Waals surface area contributed by atoms with Gasteiger partial charge in [0.15, 0.2) is 0 Å². The number of nitrogens with zero attached hydrogens (tertiary/aromatic N) is 1. The zero-order chi connectivity index (χ0) is 15.3. The summed E-state index contributed by atoms with van der Waals surface area (Å²) in [5.74, 6) is 0. The topological polar surface area (TPSA) is 35.5 Å². The third-order valence-electron chi connectivity index (χ3n) is 4.38. The smallest absolute Gasteiger partial charge is 0.0637 e. The van der Waals surface area contributed by atoms with E-state index in [0.29, 0.717) is 0 Å². The fourth-order valence-electron chi connectivity index (χ4n) is 3.07. The van der Waals surface area contributed by atoms with Crippen LogP contribution in [0.5, 0.6) is 0 Å². The Morgan fingerprint density at radius 3 is 2.86 bits per heavy atom. The van der Waals surface area contributed by atoms with Gasteiger partial charge in [-0.1, -0.05) is 24.6 Å². The monoisotopic (exact) mass is 290 g/mol. The van der Waals surface area contributed by atoms with Crippen LogP contribution in [0.25, 0.3) is 0 Å². The summed E-state index contributed by atoms with van der Waals surface area (Å²) in [6.07, 6.45) is 3.97. The van der Waals surface area contributed by atoms with E-state index in [1.807, 2.05) is 6.92 Å². The van der Waals surface area contributed by atoms with E-state index in [-0.39, 0.29) is 0 Å². The summed E-state index contributed by atoms with van der Waals surface area (Å²) in [6, 6.07) is 6.74. The third-order valence-corrected chi connectivity index (χ3v) is 4.38. The molecule has 21 heavy (non-hydrogen) atoms. The van der Waals surface area contributed by atoms with E-state index in [1.54, 1.807) is 0 Å². The summed E-state index contributed by atoms with van der Waals surface area (Å²) in [5, 5.41) is 13.8. The predicted octanol–water partition coefficient (Wildman–Crippen LogP) is 3.24. The number of aliphatic hydroxyl groups is 1. The second kappa shape index (κ2) is 7.28. The van der Waals surface area contributed by atoms with E-state index in [9.17, 15) is 5.11 Å². The van der Waals surface area contributed by atoms with Crippen molar-refractivity contribution in [3.8, 4) is 0 Å². The molecule has 1 heterocycles. The van der Waals surface area contributed by atoms with Gasteiger partial charge in [-0.25, -0.2) is 0 Å². The van der Waals surface area contributed by atoms with E-state index < -0.39 is 5.60 Å². The zero-order valence-corrected chi connectivity index (χ0v) is 13.8. The average Bonchev–Trinajstić information content (AvgIpc) is 2.60. The number of hydrogen-bond acceptors (Lipinski definition) is 3. The number of hydrogen-bond donors (Lipinski definition) is 2. The quantitative estimate of drug-likeness (QED) is 0.817. The number of anilines is 1. The zero-order valence-electron chi connectivity index (χ0n) is 13.8. The molecule has 118 valence electrons. The highest BCUT2D eigenvalue weighted by molar-refractivity contribution is 5.55. The highest BCUT2D eigenvalue weighted by Crippen LogP contribution is 2.28. The molecule has 1 saturated heterocycles. The Morgan fingerprint density at radius 1 is 1.29 bits per heavy atom. The summed E-state index contributed by atoms with van der Waals surface area (Å²) in [5.41, 5.74) is 3.53. The van der Waals surface area contributed by atoms with Gasteiger partial charge in [0, 0.05) is 25.3 Å². The van der Waals surface area contributed by atoms with Crippen molar-refractivity contribution in [2.75, 3.05) is 24.5 Å². The fourth-order valence-corrected chi connectivity index (χ4v) is 3.07. The molecule has 0 aromatic heterocycles. The van der Waals surface area contributed by atoms with Crippen LogP contribution in [-0.2, 0) is 6.54 Å². The van der Waals surface area contributed by atoms with Crippen molar-refractivity contribution >= 4 is 5.69 Å². The first-order valence-electron chi connectivity index (χ1n) is 8.29. The summed E-state index contributed by atoms with van der Waals surface area (Å²) < 4.78 is 0. The predicted molar refractivity (Wildman–Crippen MR) is 89.9 cm³/mol. The number of nitrogens with one attached hydrogen (secondary N) is 1. The summed E-state index contributed by atoms with van der Waals surface area (Å²) in [6.45, 7) is 10.3. The van der Waals surface area contributed by atoms with Gasteiger partial charge in [0.05, 0.1) is 5.60 Å². The van der Waals surface area contributed by atoms with E-state index in [1.165, 1.54) is 16.8 Å². The maximum Gasteiger partial charge on any atom is 0.0637 e. The standard InChI is InChI=1S/C18H30N2O/c1-4-10-19-14-16-13-15(2)6-7-17(16)20-11-5-8-18(3,21)9-12-20/h6-7,13,19,21H,4-5,8-12,14H2,1-3H3. The normalized spacial score (nSPS) is 23.1. The van der Waals surface area contributed by atoms with Crippen molar-refractivity contribution in [2.45, 2.75) is 58.6 Å². The van der Waals surface area contributed by atoms with Crippen LogP contribution in [0.15, 0.2) is 18.2 Å². The van der Waals surface area contributed by atoms with Gasteiger partial charge in [-0.2, -0.15) is 0 Å². The lowest BCUT2D eigenvalue weighted by atomic mass is 9.98. The van der Waals surface area contributed by atoms with Crippen molar-refractivity contribution in [1.29, 1.82) is 0 Å². The van der Waals surface area contributed by atoms with E-state index in [0.717, 1.165) is 51.9 Å². The molecule has 1 unspecified atom stereocenters. The minimum Gasteiger partial charge on any atom is -0.390 e. The van der Waals surface area contributed by atoms with Gasteiger partial charge < -0.3 is 15.3 Å². The lowest BCUT2D eigenvalue weighted by Crippen LogP contribution is -2.29. The number of rotatable bonds is 5. The van der Waals surface area contributed by atoms with E-state index >= 15 is 0 Å². The summed E-state index contributed by atoms with van der Waals surface area (Å²) in [4.78, 5) is 2.45. The molecule has 1 aliphatic heterocycles. The molecule has 1 fully saturated rings. The van der Waals surface area contributed by atoms with Crippen LogP contribution in [0.3, 0.4) is 0 Å². The van der Waals surface area contributed by atoms with Crippen LogP contribution < -0.4 is 10.2 Å². The third kappa shape index (κ3) is 4.72. The highest BCUT2D eigenvalue weighted by Gasteiger charge is 2.25. The number of aryl methyl sites for hydroxylation is 1. The molecular weight excluding hydrogens is 260 g/mol. The van der Waals surface area contributed by atoms with Crippen LogP contribution in [-0.4, -0.2) is 30.3 Å². The van der Waals surface area contributed by atoms with Crippen molar-refractivity contribution in [2.24, 2.45) is 0 Å². The highest BCUT2D eigenvalue weighted by atomic mass is 16.3. The van der Waals surface area contributed by atoms with Crippen LogP contribution in [0, 0.1) is 6.92 Å². The van der Waals surface area contributed by atoms with Gasteiger partial charge in [-0.05, 0) is 57.7 Å². The van der Waals surface area contributed by atoms with Crippen LogP contribution in [0.1, 0.15) is 50.7 Å². The SMILES string of the molecule is CCCNCc1cc(C)ccc1N1CCCC(C)(O)CC1. The van der Waals surface area contributed by atoms with Gasteiger partial charge in [0.1, 0.15) is 0 Å². The fraction of sp³-hybridized carbons (Fsp3) is 0.667. The average molecular weight is 290 g/mol. The molecule has 1 aliphatic rings. The molecule has 1 aromatic carbocycles. The molecule has 0 bridgehead atoms. The Hall–Kier alpha value is -1.06.